The molecule has 2 nitrogen and oxygen atoms in total. The molecular weight excluding hydrogens is 412 g/mol. The lowest BCUT2D eigenvalue weighted by molar-refractivity contribution is 0.558. The van der Waals surface area contributed by atoms with Crippen LogP contribution in [0.25, 0.3) is 0 Å². The summed E-state index contributed by atoms with van der Waals surface area (Å²) in [5.41, 5.74) is 2.38. The van der Waals surface area contributed by atoms with E-state index in [0.29, 0.717) is 0 Å². The molecular formula is C32H56N2. The lowest BCUT2D eigenvalue weighted by Gasteiger charge is -2.01. The molecule has 0 atom stereocenters. The lowest BCUT2D eigenvalue weighted by Crippen LogP contribution is -1.90. The zero-order valence-corrected chi connectivity index (χ0v) is 22.9. The molecule has 0 fully saturated rings. The predicted molar refractivity (Wildman–Crippen MR) is 155 cm³/mol. The first-order valence-corrected chi connectivity index (χ1v) is 15.0. The molecule has 0 unspecified atom stereocenters. The summed E-state index contributed by atoms with van der Waals surface area (Å²) < 4.78 is 0. The molecule has 0 aliphatic carbocycles. The van der Waals surface area contributed by atoms with Gasteiger partial charge in [0.15, 0.2) is 0 Å². The second-order valence-corrected chi connectivity index (χ2v) is 10.1. The van der Waals surface area contributed by atoms with E-state index in [1.807, 2.05) is 12.4 Å². The fraction of sp³-hybridized carbons (Fsp3) is 0.750. The minimum absolute atomic E-state index is 0.952. The second-order valence-electron chi connectivity index (χ2n) is 10.1. The molecule has 0 aliphatic rings. The summed E-state index contributed by atoms with van der Waals surface area (Å²) in [5.74, 6) is 0. The van der Waals surface area contributed by atoms with Gasteiger partial charge in [-0.15, -0.1) is 0 Å². The maximum atomic E-state index is 4.65. The van der Waals surface area contributed by atoms with Crippen LogP contribution in [0.5, 0.6) is 0 Å². The quantitative estimate of drug-likeness (QED) is 0.106. The number of nitrogens with zero attached hydrogens (tertiary/aromatic N) is 2. The Labute approximate surface area is 213 Å². The largest absolute Gasteiger partial charge is 0.293 e. The van der Waals surface area contributed by atoms with E-state index in [-0.39, 0.29) is 0 Å². The van der Waals surface area contributed by atoms with Gasteiger partial charge in [0, 0.05) is 25.5 Å². The molecule has 0 radical (unpaired) electrons. The molecule has 0 amide bonds. The third kappa shape index (κ3) is 20.0. The van der Waals surface area contributed by atoms with Crippen molar-refractivity contribution in [1.82, 2.24) is 0 Å². The number of rotatable bonds is 24. The minimum Gasteiger partial charge on any atom is -0.293 e. The zero-order valence-electron chi connectivity index (χ0n) is 22.9. The highest BCUT2D eigenvalue weighted by Crippen LogP contribution is 2.11. The highest BCUT2D eigenvalue weighted by atomic mass is 14.7. The predicted octanol–water partition coefficient (Wildman–Crippen LogP) is 10.4. The van der Waals surface area contributed by atoms with Gasteiger partial charge in [0.25, 0.3) is 0 Å². The van der Waals surface area contributed by atoms with Crippen LogP contribution in [0, 0.1) is 0 Å². The van der Waals surface area contributed by atoms with Gasteiger partial charge in [0.05, 0.1) is 0 Å². The Morgan fingerprint density at radius 3 is 1.15 bits per heavy atom. The van der Waals surface area contributed by atoms with Crippen LogP contribution in [-0.2, 0) is 0 Å². The van der Waals surface area contributed by atoms with Crippen LogP contribution in [-0.4, -0.2) is 25.5 Å². The molecule has 1 aromatic rings. The highest BCUT2D eigenvalue weighted by molar-refractivity contribution is 5.86. The van der Waals surface area contributed by atoms with Crippen LogP contribution in [0.3, 0.4) is 0 Å². The molecule has 194 valence electrons. The Balaban J connectivity index is 2.02. The Bertz CT molecular complexity index is 556. The molecule has 34 heavy (non-hydrogen) atoms. The molecule has 2 heteroatoms. The third-order valence-corrected chi connectivity index (χ3v) is 6.67. The molecule has 0 spiro atoms. The van der Waals surface area contributed by atoms with Gasteiger partial charge in [-0.05, 0) is 30.0 Å². The lowest BCUT2D eigenvalue weighted by atomic mass is 10.1. The summed E-state index contributed by atoms with van der Waals surface area (Å²) in [6.45, 7) is 6.48. The first-order chi connectivity index (χ1) is 16.9. The van der Waals surface area contributed by atoms with E-state index in [9.17, 15) is 0 Å². The fourth-order valence-corrected chi connectivity index (χ4v) is 4.44. The van der Waals surface area contributed by atoms with E-state index in [1.54, 1.807) is 0 Å². The molecule has 0 saturated carbocycles. The average Bonchev–Trinajstić information content (AvgIpc) is 2.85. The van der Waals surface area contributed by atoms with Gasteiger partial charge in [-0.1, -0.05) is 148 Å². The highest BCUT2D eigenvalue weighted by Gasteiger charge is 1.95. The first-order valence-electron chi connectivity index (χ1n) is 15.0. The maximum Gasteiger partial charge on any atom is 0.0389 e. The van der Waals surface area contributed by atoms with E-state index in [0.717, 1.165) is 13.1 Å². The summed E-state index contributed by atoms with van der Waals surface area (Å²) >= 11 is 0. The van der Waals surface area contributed by atoms with Gasteiger partial charge in [0.2, 0.25) is 0 Å². The maximum absolute atomic E-state index is 4.65. The van der Waals surface area contributed by atoms with E-state index < -0.39 is 0 Å². The molecule has 0 aromatic heterocycles. The monoisotopic (exact) mass is 468 g/mol. The normalized spacial score (nSPS) is 11.8. The van der Waals surface area contributed by atoms with Crippen molar-refractivity contribution < 1.29 is 0 Å². The number of aliphatic imine (C=N–C) groups is 2. The fourth-order valence-electron chi connectivity index (χ4n) is 4.44. The van der Waals surface area contributed by atoms with Crippen molar-refractivity contribution in [2.45, 2.75) is 142 Å². The molecule has 0 bridgehead atoms. The van der Waals surface area contributed by atoms with Crippen molar-refractivity contribution in [2.24, 2.45) is 9.98 Å². The van der Waals surface area contributed by atoms with E-state index in [1.165, 1.54) is 140 Å². The molecule has 0 saturated heterocycles. The molecule has 0 aliphatic heterocycles. The number of benzene rings is 1. The van der Waals surface area contributed by atoms with Crippen LogP contribution in [0.4, 0.5) is 0 Å². The van der Waals surface area contributed by atoms with E-state index in [2.05, 4.69) is 48.1 Å². The Morgan fingerprint density at radius 2 is 0.794 bits per heavy atom. The zero-order chi connectivity index (χ0) is 24.4. The van der Waals surface area contributed by atoms with Crippen molar-refractivity contribution in [2.75, 3.05) is 13.1 Å². The van der Waals surface area contributed by atoms with Crippen molar-refractivity contribution in [3.05, 3.63) is 35.4 Å². The van der Waals surface area contributed by atoms with Crippen LogP contribution in [0.15, 0.2) is 34.3 Å². The Morgan fingerprint density at radius 1 is 0.471 bits per heavy atom. The number of hydrogen-bond donors (Lipinski definition) is 0. The van der Waals surface area contributed by atoms with Crippen molar-refractivity contribution in [1.29, 1.82) is 0 Å². The molecule has 0 heterocycles. The average molecular weight is 469 g/mol. The minimum atomic E-state index is 0.952. The van der Waals surface area contributed by atoms with Crippen LogP contribution in [0.2, 0.25) is 0 Å². The second kappa shape index (κ2) is 24.7. The van der Waals surface area contributed by atoms with Crippen LogP contribution < -0.4 is 0 Å². The summed E-state index contributed by atoms with van der Waals surface area (Å²) in [6, 6.07) is 8.59. The Hall–Kier alpha value is -1.44. The Kier molecular flexibility index (Phi) is 22.2. The van der Waals surface area contributed by atoms with Gasteiger partial charge in [-0.2, -0.15) is 0 Å². The van der Waals surface area contributed by atoms with Gasteiger partial charge >= 0.3 is 0 Å². The molecule has 1 aromatic carbocycles. The SMILES string of the molecule is CCCCCCCCCCCCN=Cc1cccc(C=NCCCCCCCCCCCC)c1. The van der Waals surface area contributed by atoms with E-state index in [4.69, 9.17) is 0 Å². The smallest absolute Gasteiger partial charge is 0.0389 e. The van der Waals surface area contributed by atoms with Crippen LogP contribution in [0.1, 0.15) is 153 Å². The number of hydrogen-bond acceptors (Lipinski definition) is 2. The molecule has 1 rings (SSSR count). The first kappa shape index (κ1) is 30.6. The van der Waals surface area contributed by atoms with E-state index >= 15 is 0 Å². The third-order valence-electron chi connectivity index (χ3n) is 6.67. The van der Waals surface area contributed by atoms with Crippen molar-refractivity contribution in [3.63, 3.8) is 0 Å². The number of unbranched alkanes of at least 4 members (excludes halogenated alkanes) is 18. The van der Waals surface area contributed by atoms with Gasteiger partial charge in [0.1, 0.15) is 0 Å². The summed E-state index contributed by atoms with van der Waals surface area (Å²) in [4.78, 5) is 9.29. The molecule has 0 N–H and O–H groups in total. The standard InChI is InChI=1S/C32H56N2/c1-3-5-7-9-11-13-15-17-19-21-26-33-29-31-24-23-25-32(28-31)30-34-27-22-20-18-16-14-12-10-8-6-4-2/h23-25,28-30H,3-22,26-27H2,1-2H3. The van der Waals surface area contributed by atoms with Gasteiger partial charge in [-0.3, -0.25) is 9.98 Å². The van der Waals surface area contributed by atoms with Crippen molar-refractivity contribution in [3.8, 4) is 0 Å². The summed E-state index contributed by atoms with van der Waals surface area (Å²) in [7, 11) is 0. The topological polar surface area (TPSA) is 24.7 Å². The summed E-state index contributed by atoms with van der Waals surface area (Å²) in [6.07, 6.45) is 31.6. The van der Waals surface area contributed by atoms with Gasteiger partial charge < -0.3 is 0 Å². The van der Waals surface area contributed by atoms with Crippen molar-refractivity contribution >= 4 is 12.4 Å². The van der Waals surface area contributed by atoms with Gasteiger partial charge in [-0.25, -0.2) is 0 Å². The van der Waals surface area contributed by atoms with Crippen LogP contribution >= 0.6 is 0 Å². The summed E-state index contributed by atoms with van der Waals surface area (Å²) in [5, 5.41) is 0.